The molecule has 1 atom stereocenters. The number of benzene rings is 3. The van der Waals surface area contributed by atoms with E-state index in [1.165, 1.54) is 24.1 Å². The van der Waals surface area contributed by atoms with Crippen molar-refractivity contribution in [3.05, 3.63) is 89.5 Å². The highest BCUT2D eigenvalue weighted by molar-refractivity contribution is 7.92. The molecule has 9 heteroatoms. The van der Waals surface area contributed by atoms with Gasteiger partial charge in [0.05, 0.1) is 17.7 Å². The minimum atomic E-state index is -4.10. The molecule has 0 aliphatic carbocycles. The zero-order valence-electron chi connectivity index (χ0n) is 22.5. The minimum absolute atomic E-state index is 0.0838. The fraction of sp³-hybridized carbons (Fsp3) is 0.310. The van der Waals surface area contributed by atoms with E-state index in [9.17, 15) is 18.0 Å². The third-order valence-corrected chi connectivity index (χ3v) is 8.20. The maximum absolute atomic E-state index is 13.9. The van der Waals surface area contributed by atoms with Crippen molar-refractivity contribution < 1.29 is 22.7 Å². The van der Waals surface area contributed by atoms with Gasteiger partial charge in [-0.2, -0.15) is 0 Å². The summed E-state index contributed by atoms with van der Waals surface area (Å²) in [5, 5.41) is 2.58. The predicted molar refractivity (Wildman–Crippen MR) is 149 cm³/mol. The topological polar surface area (TPSA) is 96.0 Å². The summed E-state index contributed by atoms with van der Waals surface area (Å²) in [6.07, 6.45) is 0.576. The number of methoxy groups -OCH3 is 1. The number of hydrogen-bond donors (Lipinski definition) is 1. The molecule has 8 nitrogen and oxygen atoms in total. The Morgan fingerprint density at radius 2 is 1.68 bits per heavy atom. The van der Waals surface area contributed by atoms with E-state index in [2.05, 4.69) is 5.32 Å². The van der Waals surface area contributed by atoms with Crippen molar-refractivity contribution in [3.8, 4) is 5.75 Å². The highest BCUT2D eigenvalue weighted by atomic mass is 32.2. The number of nitrogens with one attached hydrogen (secondary N) is 1. The molecule has 0 aromatic heterocycles. The molecule has 0 bridgehead atoms. The molecule has 3 aromatic rings. The molecule has 1 N–H and O–H groups in total. The van der Waals surface area contributed by atoms with E-state index in [4.69, 9.17) is 4.74 Å². The Labute approximate surface area is 225 Å². The Bertz CT molecular complexity index is 1370. The van der Waals surface area contributed by atoms with Gasteiger partial charge in [-0.05, 0) is 61.7 Å². The first-order valence-electron chi connectivity index (χ1n) is 12.4. The first kappa shape index (κ1) is 28.7. The van der Waals surface area contributed by atoms with Crippen molar-refractivity contribution in [1.82, 2.24) is 10.2 Å². The monoisotopic (exact) mass is 537 g/mol. The second-order valence-corrected chi connectivity index (χ2v) is 10.8. The number of para-hydroxylation sites is 1. The van der Waals surface area contributed by atoms with Crippen molar-refractivity contribution >= 4 is 27.5 Å². The van der Waals surface area contributed by atoms with Crippen LogP contribution in [0.4, 0.5) is 5.69 Å². The molecule has 0 fully saturated rings. The van der Waals surface area contributed by atoms with Crippen LogP contribution in [0.25, 0.3) is 0 Å². The summed E-state index contributed by atoms with van der Waals surface area (Å²) in [6.45, 7) is 5.05. The van der Waals surface area contributed by atoms with Gasteiger partial charge in [0.1, 0.15) is 18.3 Å². The van der Waals surface area contributed by atoms with E-state index in [0.29, 0.717) is 17.9 Å². The summed E-state index contributed by atoms with van der Waals surface area (Å²) < 4.78 is 34.3. The maximum atomic E-state index is 13.9. The van der Waals surface area contributed by atoms with Crippen LogP contribution in [0.1, 0.15) is 30.5 Å². The lowest BCUT2D eigenvalue weighted by atomic mass is 10.1. The van der Waals surface area contributed by atoms with Crippen molar-refractivity contribution in [2.24, 2.45) is 0 Å². The van der Waals surface area contributed by atoms with Gasteiger partial charge < -0.3 is 15.0 Å². The third kappa shape index (κ3) is 6.52. The molecule has 0 heterocycles. The number of aryl methyl sites for hydroxylation is 2. The molecular formula is C29H35N3O5S. The molecule has 3 rings (SSSR count). The largest absolute Gasteiger partial charge is 0.497 e. The number of rotatable bonds is 11. The Kier molecular flexibility index (Phi) is 9.52. The second kappa shape index (κ2) is 12.6. The predicted octanol–water partition coefficient (Wildman–Crippen LogP) is 3.92. The molecule has 38 heavy (non-hydrogen) atoms. The number of amides is 2. The Balaban J connectivity index is 2.07. The first-order chi connectivity index (χ1) is 18.1. The lowest BCUT2D eigenvalue weighted by molar-refractivity contribution is -0.139. The van der Waals surface area contributed by atoms with Crippen LogP contribution < -0.4 is 14.4 Å². The van der Waals surface area contributed by atoms with E-state index in [1.54, 1.807) is 56.5 Å². The summed E-state index contributed by atoms with van der Waals surface area (Å²) in [7, 11) is -1.05. The van der Waals surface area contributed by atoms with Gasteiger partial charge in [0.25, 0.3) is 10.0 Å². The molecule has 3 aromatic carbocycles. The van der Waals surface area contributed by atoms with Crippen molar-refractivity contribution in [1.29, 1.82) is 0 Å². The van der Waals surface area contributed by atoms with Crippen LogP contribution in [-0.4, -0.2) is 51.9 Å². The Morgan fingerprint density at radius 3 is 2.32 bits per heavy atom. The molecule has 0 unspecified atom stereocenters. The SMILES string of the molecule is CCc1ccccc1N(CC(=O)N(Cc1cccc(OC)c1)[C@H](C)C(=O)NC)S(=O)(=O)c1ccc(C)cc1. The number of carbonyl (C=O) groups excluding carboxylic acids is 2. The zero-order chi connectivity index (χ0) is 27.9. The van der Waals surface area contributed by atoms with Crippen LogP contribution >= 0.6 is 0 Å². The average molecular weight is 538 g/mol. The van der Waals surface area contributed by atoms with E-state index < -0.39 is 28.5 Å². The van der Waals surface area contributed by atoms with Gasteiger partial charge in [0.15, 0.2) is 0 Å². The summed E-state index contributed by atoms with van der Waals surface area (Å²) in [5.74, 6) is -0.253. The van der Waals surface area contributed by atoms with Crippen LogP contribution in [0.2, 0.25) is 0 Å². The summed E-state index contributed by atoms with van der Waals surface area (Å²) in [5.41, 5.74) is 2.88. The van der Waals surface area contributed by atoms with Gasteiger partial charge in [-0.15, -0.1) is 0 Å². The highest BCUT2D eigenvalue weighted by Crippen LogP contribution is 2.28. The molecule has 2 amide bonds. The fourth-order valence-corrected chi connectivity index (χ4v) is 5.61. The molecule has 0 spiro atoms. The van der Waals surface area contributed by atoms with Crippen molar-refractivity contribution in [2.75, 3.05) is 25.0 Å². The van der Waals surface area contributed by atoms with Gasteiger partial charge in [0, 0.05) is 13.6 Å². The summed E-state index contributed by atoms with van der Waals surface area (Å²) in [4.78, 5) is 28.0. The second-order valence-electron chi connectivity index (χ2n) is 8.97. The van der Waals surface area contributed by atoms with E-state index in [0.717, 1.165) is 21.0 Å². The standard InChI is InChI=1S/C29H35N3O5S/c1-6-24-11-7-8-13-27(24)32(38(35,36)26-16-14-21(2)15-17-26)20-28(33)31(22(3)29(34)30-4)19-23-10-9-12-25(18-23)37-5/h7-18,22H,6,19-20H2,1-5H3,(H,30,34)/t22-/m1/s1. The smallest absolute Gasteiger partial charge is 0.264 e. The highest BCUT2D eigenvalue weighted by Gasteiger charge is 2.33. The van der Waals surface area contributed by atoms with E-state index in [1.807, 2.05) is 32.0 Å². The van der Waals surface area contributed by atoms with Gasteiger partial charge >= 0.3 is 0 Å². The Morgan fingerprint density at radius 1 is 1.00 bits per heavy atom. The molecule has 0 aliphatic rings. The lowest BCUT2D eigenvalue weighted by Gasteiger charge is -2.32. The van der Waals surface area contributed by atoms with Gasteiger partial charge in [0.2, 0.25) is 11.8 Å². The van der Waals surface area contributed by atoms with E-state index >= 15 is 0 Å². The number of nitrogens with zero attached hydrogens (tertiary/aromatic N) is 2. The zero-order valence-corrected chi connectivity index (χ0v) is 23.3. The molecule has 0 saturated carbocycles. The molecule has 0 radical (unpaired) electrons. The fourth-order valence-electron chi connectivity index (χ4n) is 4.16. The molecule has 0 saturated heterocycles. The number of likely N-dealkylation sites (N-methyl/N-ethyl adjacent to an activating group) is 1. The third-order valence-electron chi connectivity index (χ3n) is 6.43. The minimum Gasteiger partial charge on any atom is -0.497 e. The van der Waals surface area contributed by atoms with Gasteiger partial charge in [-0.3, -0.25) is 13.9 Å². The molecule has 202 valence electrons. The number of anilines is 1. The van der Waals surface area contributed by atoms with Crippen molar-refractivity contribution in [3.63, 3.8) is 0 Å². The van der Waals surface area contributed by atoms with Crippen LogP contribution in [0.5, 0.6) is 5.75 Å². The number of carbonyl (C=O) groups is 2. The number of ether oxygens (including phenoxy) is 1. The summed E-state index contributed by atoms with van der Waals surface area (Å²) >= 11 is 0. The first-order valence-corrected chi connectivity index (χ1v) is 13.9. The van der Waals surface area contributed by atoms with Crippen molar-refractivity contribution in [2.45, 2.75) is 44.7 Å². The lowest BCUT2D eigenvalue weighted by Crippen LogP contribution is -2.50. The normalized spacial score (nSPS) is 11.9. The van der Waals surface area contributed by atoms with Crippen LogP contribution in [0.3, 0.4) is 0 Å². The average Bonchev–Trinajstić information content (AvgIpc) is 2.93. The number of sulfonamides is 1. The molecular weight excluding hydrogens is 502 g/mol. The van der Waals surface area contributed by atoms with Crippen LogP contribution in [-0.2, 0) is 32.6 Å². The number of hydrogen-bond acceptors (Lipinski definition) is 5. The van der Waals surface area contributed by atoms with E-state index in [-0.39, 0.29) is 17.3 Å². The van der Waals surface area contributed by atoms with Gasteiger partial charge in [-0.1, -0.05) is 55.0 Å². The van der Waals surface area contributed by atoms with Gasteiger partial charge in [-0.25, -0.2) is 8.42 Å². The van der Waals surface area contributed by atoms with Crippen LogP contribution in [0, 0.1) is 6.92 Å². The Hall–Kier alpha value is -3.85. The molecule has 0 aliphatic heterocycles. The quantitative estimate of drug-likeness (QED) is 0.400. The maximum Gasteiger partial charge on any atom is 0.264 e. The summed E-state index contributed by atoms with van der Waals surface area (Å²) in [6, 6.07) is 20.0. The van der Waals surface area contributed by atoms with Crippen LogP contribution in [0.15, 0.2) is 77.7 Å².